The van der Waals surface area contributed by atoms with Gasteiger partial charge in [-0.3, -0.25) is 0 Å². The van der Waals surface area contributed by atoms with Gasteiger partial charge in [-0.1, -0.05) is 133 Å². The van der Waals surface area contributed by atoms with Gasteiger partial charge in [0.25, 0.3) is 0 Å². The van der Waals surface area contributed by atoms with E-state index in [0.29, 0.717) is 0 Å². The fourth-order valence-corrected chi connectivity index (χ4v) is 7.25. The molecule has 9 rings (SSSR count). The minimum Gasteiger partial charge on any atom is -0.456 e. The summed E-state index contributed by atoms with van der Waals surface area (Å²) in [7, 11) is 0. The molecule has 2 nitrogen and oxygen atoms in total. The van der Waals surface area contributed by atoms with Crippen molar-refractivity contribution in [1.82, 2.24) is 0 Å². The Bertz CT molecular complexity index is 2430. The molecule has 0 saturated heterocycles. The van der Waals surface area contributed by atoms with E-state index in [9.17, 15) is 0 Å². The SMILES string of the molecule is C(#CC1(c2ccccc2)c2ccccc2-c2c(N(c3ccccc3)c3ccccc3)cccc21)c1ccc2c(c1)oc1ccccc12. The first-order chi connectivity index (χ1) is 23.3. The highest BCUT2D eigenvalue weighted by atomic mass is 16.3. The number of anilines is 3. The summed E-state index contributed by atoms with van der Waals surface area (Å²) < 4.78 is 6.24. The molecule has 1 atom stereocenters. The van der Waals surface area contributed by atoms with Crippen molar-refractivity contribution in [2.24, 2.45) is 0 Å². The van der Waals surface area contributed by atoms with Crippen molar-refractivity contribution < 1.29 is 4.42 Å². The van der Waals surface area contributed by atoms with Crippen LogP contribution in [0.4, 0.5) is 17.1 Å². The molecule has 7 aromatic carbocycles. The Morgan fingerprint density at radius 2 is 1.11 bits per heavy atom. The number of hydrogen-bond acceptors (Lipinski definition) is 2. The zero-order chi connectivity index (χ0) is 31.2. The molecule has 1 unspecified atom stereocenters. The van der Waals surface area contributed by atoms with Gasteiger partial charge in [-0.05, 0) is 76.9 Å². The van der Waals surface area contributed by atoms with E-state index in [1.165, 1.54) is 22.3 Å². The van der Waals surface area contributed by atoms with Crippen LogP contribution < -0.4 is 4.90 Å². The molecule has 220 valence electrons. The lowest BCUT2D eigenvalue weighted by atomic mass is 9.73. The van der Waals surface area contributed by atoms with Crippen LogP contribution in [0.25, 0.3) is 33.1 Å². The van der Waals surface area contributed by atoms with Crippen LogP contribution in [0.3, 0.4) is 0 Å². The van der Waals surface area contributed by atoms with Crippen molar-refractivity contribution in [2.75, 3.05) is 4.90 Å². The van der Waals surface area contributed by atoms with Gasteiger partial charge in [0.1, 0.15) is 16.6 Å². The van der Waals surface area contributed by atoms with E-state index >= 15 is 0 Å². The standard InChI is InChI=1S/C45H29NO/c1-4-15-33(16-5-1)45(30-29-32-27-28-37-36-21-11-13-26-42(36)47-43(37)31-32)39-23-12-10-22-38(39)44-40(45)24-14-25-41(44)46(34-17-6-2-7-18-34)35-19-8-3-9-20-35/h1-28,31H. The molecule has 2 heteroatoms. The van der Waals surface area contributed by atoms with Crippen molar-refractivity contribution in [3.05, 3.63) is 198 Å². The van der Waals surface area contributed by atoms with Crippen LogP contribution in [0.5, 0.6) is 0 Å². The summed E-state index contributed by atoms with van der Waals surface area (Å²) in [6, 6.07) is 61.9. The molecule has 0 spiro atoms. The molecule has 0 radical (unpaired) electrons. The molecule has 1 aliphatic carbocycles. The first kappa shape index (κ1) is 27.0. The Hall–Kier alpha value is -6.30. The Morgan fingerprint density at radius 3 is 1.87 bits per heavy atom. The Labute approximate surface area is 274 Å². The van der Waals surface area contributed by atoms with E-state index in [0.717, 1.165) is 50.1 Å². The molecule has 0 bridgehead atoms. The van der Waals surface area contributed by atoms with Gasteiger partial charge in [0.05, 0.1) is 5.69 Å². The highest BCUT2D eigenvalue weighted by molar-refractivity contribution is 6.05. The molecule has 47 heavy (non-hydrogen) atoms. The second kappa shape index (κ2) is 10.9. The van der Waals surface area contributed by atoms with E-state index in [4.69, 9.17) is 4.42 Å². The third-order valence-electron chi connectivity index (χ3n) is 9.30. The lowest BCUT2D eigenvalue weighted by Crippen LogP contribution is -2.25. The number of furan rings is 1. The summed E-state index contributed by atoms with van der Waals surface area (Å²) in [5, 5.41) is 2.22. The van der Waals surface area contributed by atoms with Crippen molar-refractivity contribution in [3.8, 4) is 23.0 Å². The van der Waals surface area contributed by atoms with Crippen LogP contribution in [0.15, 0.2) is 180 Å². The maximum absolute atomic E-state index is 6.24. The fourth-order valence-electron chi connectivity index (χ4n) is 7.25. The summed E-state index contributed by atoms with van der Waals surface area (Å²) in [6.45, 7) is 0. The molecule has 0 saturated carbocycles. The van der Waals surface area contributed by atoms with Gasteiger partial charge in [-0.25, -0.2) is 0 Å². The fraction of sp³-hybridized carbons (Fsp3) is 0.0222. The highest BCUT2D eigenvalue weighted by Crippen LogP contribution is 2.56. The molecule has 1 heterocycles. The molecule has 0 N–H and O–H groups in total. The zero-order valence-corrected chi connectivity index (χ0v) is 25.6. The summed E-state index contributed by atoms with van der Waals surface area (Å²) in [5.41, 5.74) is 11.2. The normalized spacial score (nSPS) is 14.7. The minimum atomic E-state index is -0.689. The van der Waals surface area contributed by atoms with Gasteiger partial charge in [0, 0.05) is 33.3 Å². The Balaban J connectivity index is 1.31. The summed E-state index contributed by atoms with van der Waals surface area (Å²) >= 11 is 0. The van der Waals surface area contributed by atoms with Gasteiger partial charge in [-0.2, -0.15) is 0 Å². The Morgan fingerprint density at radius 1 is 0.489 bits per heavy atom. The van der Waals surface area contributed by atoms with Crippen molar-refractivity contribution >= 4 is 39.0 Å². The summed E-state index contributed by atoms with van der Waals surface area (Å²) in [6.07, 6.45) is 0. The smallest absolute Gasteiger partial charge is 0.136 e. The van der Waals surface area contributed by atoms with Crippen LogP contribution in [-0.4, -0.2) is 0 Å². The number of rotatable bonds is 4. The average Bonchev–Trinajstić information content (AvgIpc) is 3.66. The third-order valence-corrected chi connectivity index (χ3v) is 9.30. The monoisotopic (exact) mass is 599 g/mol. The maximum Gasteiger partial charge on any atom is 0.136 e. The molecule has 1 aromatic heterocycles. The second-order valence-electron chi connectivity index (χ2n) is 11.9. The van der Waals surface area contributed by atoms with Crippen LogP contribution in [0.1, 0.15) is 22.3 Å². The van der Waals surface area contributed by atoms with Gasteiger partial charge in [0.2, 0.25) is 0 Å². The summed E-state index contributed by atoms with van der Waals surface area (Å²) in [5.74, 6) is 7.51. The first-order valence-electron chi connectivity index (χ1n) is 15.9. The molecule has 8 aromatic rings. The highest BCUT2D eigenvalue weighted by Gasteiger charge is 2.45. The lowest BCUT2D eigenvalue weighted by Gasteiger charge is -2.30. The number of para-hydroxylation sites is 3. The molecule has 0 aliphatic heterocycles. The topological polar surface area (TPSA) is 16.4 Å². The predicted molar refractivity (Wildman–Crippen MR) is 193 cm³/mol. The predicted octanol–water partition coefficient (Wildman–Crippen LogP) is 11.4. The van der Waals surface area contributed by atoms with E-state index in [1.807, 2.05) is 12.1 Å². The quantitative estimate of drug-likeness (QED) is 0.187. The molecule has 0 amide bonds. The molecular weight excluding hydrogens is 571 g/mol. The molecular formula is C45H29NO. The number of hydrogen-bond donors (Lipinski definition) is 0. The zero-order valence-electron chi connectivity index (χ0n) is 25.6. The van der Waals surface area contributed by atoms with Gasteiger partial charge in [0.15, 0.2) is 0 Å². The van der Waals surface area contributed by atoms with Gasteiger partial charge < -0.3 is 9.32 Å². The molecule has 1 aliphatic rings. The van der Waals surface area contributed by atoms with E-state index in [-0.39, 0.29) is 0 Å². The average molecular weight is 600 g/mol. The van der Waals surface area contributed by atoms with E-state index in [2.05, 4.69) is 181 Å². The van der Waals surface area contributed by atoms with Crippen LogP contribution >= 0.6 is 0 Å². The number of benzene rings is 7. The van der Waals surface area contributed by atoms with E-state index < -0.39 is 5.41 Å². The van der Waals surface area contributed by atoms with Crippen LogP contribution in [0.2, 0.25) is 0 Å². The third kappa shape index (κ3) is 4.29. The number of nitrogens with zero attached hydrogens (tertiary/aromatic N) is 1. The Kier molecular flexibility index (Phi) is 6.30. The molecule has 0 fully saturated rings. The van der Waals surface area contributed by atoms with Crippen LogP contribution in [-0.2, 0) is 5.41 Å². The van der Waals surface area contributed by atoms with Crippen molar-refractivity contribution in [1.29, 1.82) is 0 Å². The lowest BCUT2D eigenvalue weighted by molar-refractivity contribution is 0.669. The van der Waals surface area contributed by atoms with Gasteiger partial charge >= 0.3 is 0 Å². The van der Waals surface area contributed by atoms with Crippen molar-refractivity contribution in [3.63, 3.8) is 0 Å². The minimum absolute atomic E-state index is 0.689. The van der Waals surface area contributed by atoms with Crippen molar-refractivity contribution in [2.45, 2.75) is 5.41 Å². The maximum atomic E-state index is 6.24. The first-order valence-corrected chi connectivity index (χ1v) is 15.9. The van der Waals surface area contributed by atoms with Crippen LogP contribution in [0, 0.1) is 11.8 Å². The van der Waals surface area contributed by atoms with E-state index in [1.54, 1.807) is 0 Å². The summed E-state index contributed by atoms with van der Waals surface area (Å²) in [4.78, 5) is 2.36. The second-order valence-corrected chi connectivity index (χ2v) is 11.9. The number of fused-ring (bicyclic) bond motifs is 6. The van der Waals surface area contributed by atoms with Gasteiger partial charge in [-0.15, -0.1) is 0 Å². The largest absolute Gasteiger partial charge is 0.456 e.